The molecule has 0 aliphatic carbocycles. The predicted octanol–water partition coefficient (Wildman–Crippen LogP) is 2.23. The summed E-state index contributed by atoms with van der Waals surface area (Å²) in [5, 5.41) is 9.40. The standard InChI is InChI=1S/C22H23N7O2/c30-21(14-1-3-16(4-2-14)29-9-7-23-8-10-29)28-18-11-15(12-26-22(18)31)19-13-25-20-17(27-19)5-6-24-20/h1-6,11-13,19,23-24,27H,7-10H2,(H,26,31)(H,28,30). The largest absolute Gasteiger partial charge is 0.370 e. The molecule has 158 valence electrons. The van der Waals surface area contributed by atoms with Gasteiger partial charge in [0.25, 0.3) is 11.5 Å². The van der Waals surface area contributed by atoms with Crippen LogP contribution >= 0.6 is 0 Å². The lowest BCUT2D eigenvalue weighted by Gasteiger charge is -2.29. The van der Waals surface area contributed by atoms with E-state index in [0.29, 0.717) is 5.56 Å². The van der Waals surface area contributed by atoms with Crippen molar-refractivity contribution in [1.82, 2.24) is 15.3 Å². The topological polar surface area (TPSA) is 117 Å². The average molecular weight is 417 g/mol. The normalized spacial score (nSPS) is 17.7. The molecule has 3 aromatic rings. The van der Waals surface area contributed by atoms with Gasteiger partial charge in [0.05, 0.1) is 11.7 Å². The molecule has 1 atom stereocenters. The zero-order valence-electron chi connectivity index (χ0n) is 16.8. The SMILES string of the molecule is O=C(Nc1cc(C2C=Nc3[nH]ccc3N2)c[nH]c1=O)c1ccc(N2CCNCC2)cc1. The third-order valence-electron chi connectivity index (χ3n) is 5.53. The number of piperazine rings is 1. The third-order valence-corrected chi connectivity index (χ3v) is 5.53. The monoisotopic (exact) mass is 417 g/mol. The van der Waals surface area contributed by atoms with Crippen molar-refractivity contribution in [3.05, 3.63) is 70.3 Å². The Labute approximate surface area is 178 Å². The Morgan fingerprint density at radius 1 is 1.10 bits per heavy atom. The van der Waals surface area contributed by atoms with Gasteiger partial charge in [-0.25, -0.2) is 4.99 Å². The molecule has 2 aliphatic heterocycles. The smallest absolute Gasteiger partial charge is 0.271 e. The van der Waals surface area contributed by atoms with Crippen LogP contribution in [0.25, 0.3) is 0 Å². The van der Waals surface area contributed by atoms with Crippen molar-refractivity contribution in [2.75, 3.05) is 41.7 Å². The number of rotatable bonds is 4. The van der Waals surface area contributed by atoms with E-state index in [1.54, 1.807) is 30.6 Å². The molecule has 0 spiro atoms. The minimum absolute atomic E-state index is 0.198. The van der Waals surface area contributed by atoms with Gasteiger partial charge < -0.3 is 30.8 Å². The summed E-state index contributed by atoms with van der Waals surface area (Å²) in [6, 6.07) is 10.8. The van der Waals surface area contributed by atoms with Gasteiger partial charge in [0, 0.05) is 56.0 Å². The Balaban J connectivity index is 1.31. The van der Waals surface area contributed by atoms with Crippen LogP contribution in [0.1, 0.15) is 22.0 Å². The zero-order chi connectivity index (χ0) is 21.2. The summed E-state index contributed by atoms with van der Waals surface area (Å²) in [6.45, 7) is 3.79. The van der Waals surface area contributed by atoms with Crippen LogP contribution in [0.2, 0.25) is 0 Å². The fourth-order valence-corrected chi connectivity index (χ4v) is 3.82. The van der Waals surface area contributed by atoms with E-state index in [1.165, 1.54) is 0 Å². The fourth-order valence-electron chi connectivity index (χ4n) is 3.82. The van der Waals surface area contributed by atoms with Crippen LogP contribution in [0, 0.1) is 0 Å². The van der Waals surface area contributed by atoms with Crippen molar-refractivity contribution in [3.63, 3.8) is 0 Å². The van der Waals surface area contributed by atoms with E-state index in [9.17, 15) is 9.59 Å². The molecule has 5 N–H and O–H groups in total. The summed E-state index contributed by atoms with van der Waals surface area (Å²) < 4.78 is 0. The average Bonchev–Trinajstić information content (AvgIpc) is 3.29. The molecule has 1 amide bonds. The molecular weight excluding hydrogens is 394 g/mol. The Morgan fingerprint density at radius 2 is 1.90 bits per heavy atom. The van der Waals surface area contributed by atoms with Crippen LogP contribution in [0.5, 0.6) is 0 Å². The number of nitrogens with one attached hydrogen (secondary N) is 5. The van der Waals surface area contributed by atoms with Gasteiger partial charge in [-0.15, -0.1) is 0 Å². The van der Waals surface area contributed by atoms with Gasteiger partial charge in [-0.3, -0.25) is 9.59 Å². The fraction of sp³-hybridized carbons (Fsp3) is 0.227. The van der Waals surface area contributed by atoms with Crippen molar-refractivity contribution in [1.29, 1.82) is 0 Å². The number of pyridine rings is 1. The summed E-state index contributed by atoms with van der Waals surface area (Å²) in [5.41, 5.74) is 3.10. The van der Waals surface area contributed by atoms with E-state index in [1.807, 2.05) is 24.4 Å². The van der Waals surface area contributed by atoms with Crippen LogP contribution in [0.3, 0.4) is 0 Å². The van der Waals surface area contributed by atoms with Gasteiger partial charge in [-0.2, -0.15) is 0 Å². The number of anilines is 3. The van der Waals surface area contributed by atoms with Gasteiger partial charge in [-0.1, -0.05) is 0 Å². The van der Waals surface area contributed by atoms with Crippen molar-refractivity contribution in [3.8, 4) is 0 Å². The Kier molecular flexibility index (Phi) is 5.01. The van der Waals surface area contributed by atoms with Crippen LogP contribution in [-0.4, -0.2) is 48.3 Å². The van der Waals surface area contributed by atoms with E-state index in [4.69, 9.17) is 0 Å². The first-order chi connectivity index (χ1) is 15.2. The van der Waals surface area contributed by atoms with Gasteiger partial charge in [0.2, 0.25) is 0 Å². The molecule has 1 unspecified atom stereocenters. The lowest BCUT2D eigenvalue weighted by molar-refractivity contribution is 0.102. The number of amides is 1. The molecule has 0 saturated carbocycles. The van der Waals surface area contributed by atoms with Crippen LogP contribution in [0.4, 0.5) is 22.9 Å². The number of aromatic amines is 2. The zero-order valence-corrected chi connectivity index (χ0v) is 16.8. The minimum Gasteiger partial charge on any atom is -0.370 e. The van der Waals surface area contributed by atoms with E-state index < -0.39 is 0 Å². The van der Waals surface area contributed by atoms with Gasteiger partial charge in [0.15, 0.2) is 5.82 Å². The number of nitrogens with zero attached hydrogens (tertiary/aromatic N) is 2. The van der Waals surface area contributed by atoms with Crippen molar-refractivity contribution < 1.29 is 4.79 Å². The second kappa shape index (κ2) is 8.11. The Hall–Kier alpha value is -3.85. The van der Waals surface area contributed by atoms with Crippen LogP contribution in [-0.2, 0) is 0 Å². The number of carbonyl (C=O) groups is 1. The third kappa shape index (κ3) is 3.95. The lowest BCUT2D eigenvalue weighted by Crippen LogP contribution is -2.43. The quantitative estimate of drug-likeness (QED) is 0.446. The molecule has 2 aliphatic rings. The molecule has 1 fully saturated rings. The molecular formula is C22H23N7O2. The second-order valence-corrected chi connectivity index (χ2v) is 7.55. The number of H-pyrrole nitrogens is 2. The molecule has 0 radical (unpaired) electrons. The molecule has 31 heavy (non-hydrogen) atoms. The maximum atomic E-state index is 12.7. The number of aromatic nitrogens is 2. The number of hydrogen-bond donors (Lipinski definition) is 5. The molecule has 9 heteroatoms. The first-order valence-corrected chi connectivity index (χ1v) is 10.3. The summed E-state index contributed by atoms with van der Waals surface area (Å²) in [6.07, 6.45) is 5.19. The summed E-state index contributed by atoms with van der Waals surface area (Å²) in [4.78, 5) is 37.4. The molecule has 9 nitrogen and oxygen atoms in total. The summed E-state index contributed by atoms with van der Waals surface area (Å²) >= 11 is 0. The molecule has 4 heterocycles. The Morgan fingerprint density at radius 3 is 2.71 bits per heavy atom. The molecule has 1 saturated heterocycles. The summed E-state index contributed by atoms with van der Waals surface area (Å²) in [5.74, 6) is 0.436. The minimum atomic E-state index is -0.357. The molecule has 5 rings (SSSR count). The van der Waals surface area contributed by atoms with Gasteiger partial charge in [-0.05, 0) is 42.0 Å². The lowest BCUT2D eigenvalue weighted by atomic mass is 10.1. The highest BCUT2D eigenvalue weighted by atomic mass is 16.2. The van der Waals surface area contributed by atoms with E-state index in [0.717, 1.165) is 48.9 Å². The number of carbonyl (C=O) groups excluding carboxylic acids is 1. The van der Waals surface area contributed by atoms with Crippen molar-refractivity contribution >= 4 is 35.0 Å². The number of hydrogen-bond acceptors (Lipinski definition) is 6. The molecule has 0 bridgehead atoms. The van der Waals surface area contributed by atoms with E-state index >= 15 is 0 Å². The number of fused-ring (bicyclic) bond motifs is 1. The molecule has 2 aromatic heterocycles. The van der Waals surface area contributed by atoms with Crippen LogP contribution in [0.15, 0.2) is 58.6 Å². The highest BCUT2D eigenvalue weighted by Gasteiger charge is 2.18. The van der Waals surface area contributed by atoms with Gasteiger partial charge >= 0.3 is 0 Å². The van der Waals surface area contributed by atoms with E-state index in [-0.39, 0.29) is 23.2 Å². The van der Waals surface area contributed by atoms with Crippen molar-refractivity contribution in [2.24, 2.45) is 4.99 Å². The van der Waals surface area contributed by atoms with Crippen molar-refractivity contribution in [2.45, 2.75) is 6.04 Å². The first-order valence-electron chi connectivity index (χ1n) is 10.3. The predicted molar refractivity (Wildman–Crippen MR) is 122 cm³/mol. The Bertz CT molecular complexity index is 1170. The molecule has 1 aromatic carbocycles. The second-order valence-electron chi connectivity index (χ2n) is 7.55. The highest BCUT2D eigenvalue weighted by molar-refractivity contribution is 6.04. The van der Waals surface area contributed by atoms with Crippen LogP contribution < -0.4 is 26.4 Å². The maximum absolute atomic E-state index is 12.7. The highest BCUT2D eigenvalue weighted by Crippen LogP contribution is 2.31. The summed E-state index contributed by atoms with van der Waals surface area (Å²) in [7, 11) is 0. The number of benzene rings is 1. The van der Waals surface area contributed by atoms with E-state index in [2.05, 4.69) is 35.8 Å². The van der Waals surface area contributed by atoms with Gasteiger partial charge in [0.1, 0.15) is 5.69 Å². The number of aliphatic imine (C=N–C) groups is 1. The maximum Gasteiger partial charge on any atom is 0.271 e. The first kappa shape index (κ1) is 19.1.